The molecule has 1 aromatic heterocycles. The Labute approximate surface area is 111 Å². The van der Waals surface area contributed by atoms with Crippen LogP contribution in [-0.2, 0) is 4.74 Å². The molecule has 0 bridgehead atoms. The molecule has 2 rings (SSSR count). The lowest BCUT2D eigenvalue weighted by Crippen LogP contribution is -2.49. The predicted molar refractivity (Wildman–Crippen MR) is 67.6 cm³/mol. The Morgan fingerprint density at radius 3 is 2.84 bits per heavy atom. The number of rotatable bonds is 2. The van der Waals surface area contributed by atoms with Crippen molar-refractivity contribution in [2.24, 2.45) is 0 Å². The largest absolute Gasteiger partial charge is 0.450 e. The zero-order chi connectivity index (χ0) is 13.7. The zero-order valence-corrected chi connectivity index (χ0v) is 10.7. The second-order valence-electron chi connectivity index (χ2n) is 4.02. The molecule has 1 amide bonds. The van der Waals surface area contributed by atoms with Crippen LogP contribution in [0.15, 0.2) is 12.3 Å². The molecule has 1 aliphatic rings. The third kappa shape index (κ3) is 3.10. The van der Waals surface area contributed by atoms with Gasteiger partial charge in [-0.2, -0.15) is 5.26 Å². The molecule has 0 spiro atoms. The maximum atomic E-state index is 11.6. The molecule has 0 unspecified atom stereocenters. The first kappa shape index (κ1) is 13.1. The number of ether oxygens (including phenoxy) is 1. The molecule has 0 radical (unpaired) electrons. The summed E-state index contributed by atoms with van der Waals surface area (Å²) in [6, 6.07) is 3.68. The van der Waals surface area contributed by atoms with Crippen molar-refractivity contribution in [2.45, 2.75) is 6.92 Å². The number of anilines is 1. The van der Waals surface area contributed by atoms with Gasteiger partial charge in [-0.3, -0.25) is 0 Å². The molecule has 7 heteroatoms. The van der Waals surface area contributed by atoms with E-state index in [0.717, 1.165) is 5.82 Å². The van der Waals surface area contributed by atoms with Gasteiger partial charge in [0.2, 0.25) is 5.82 Å². The molecule has 1 saturated heterocycles. The fourth-order valence-corrected chi connectivity index (χ4v) is 1.91. The van der Waals surface area contributed by atoms with Crippen LogP contribution in [0, 0.1) is 11.3 Å². The molecule has 0 saturated carbocycles. The first-order valence-electron chi connectivity index (χ1n) is 6.14. The Kier molecular flexibility index (Phi) is 4.13. The van der Waals surface area contributed by atoms with Crippen molar-refractivity contribution in [1.29, 1.82) is 5.26 Å². The summed E-state index contributed by atoms with van der Waals surface area (Å²) in [5, 5.41) is 8.77. The summed E-state index contributed by atoms with van der Waals surface area (Å²) in [7, 11) is 0. The first-order valence-corrected chi connectivity index (χ1v) is 6.14. The third-order valence-corrected chi connectivity index (χ3v) is 2.87. The molecule has 19 heavy (non-hydrogen) atoms. The van der Waals surface area contributed by atoms with E-state index in [1.807, 2.05) is 11.0 Å². The van der Waals surface area contributed by atoms with Gasteiger partial charge in [-0.15, -0.1) is 0 Å². The molecule has 1 fully saturated rings. The van der Waals surface area contributed by atoms with E-state index in [0.29, 0.717) is 32.8 Å². The summed E-state index contributed by atoms with van der Waals surface area (Å²) in [5.41, 5.74) is 0. The third-order valence-electron chi connectivity index (χ3n) is 2.87. The number of nitrogens with zero attached hydrogens (tertiary/aromatic N) is 5. The molecule has 1 aromatic rings. The summed E-state index contributed by atoms with van der Waals surface area (Å²) in [6.07, 6.45) is 1.29. The molecular weight excluding hydrogens is 246 g/mol. The minimum absolute atomic E-state index is 0.158. The second-order valence-corrected chi connectivity index (χ2v) is 4.02. The maximum Gasteiger partial charge on any atom is 0.409 e. The van der Waals surface area contributed by atoms with Crippen molar-refractivity contribution in [2.75, 3.05) is 37.7 Å². The molecule has 0 aromatic carbocycles. The average molecular weight is 261 g/mol. The van der Waals surface area contributed by atoms with Gasteiger partial charge in [-0.1, -0.05) is 0 Å². The Balaban J connectivity index is 1.96. The topological polar surface area (TPSA) is 82.4 Å². The van der Waals surface area contributed by atoms with E-state index in [9.17, 15) is 4.79 Å². The highest BCUT2D eigenvalue weighted by Crippen LogP contribution is 2.13. The van der Waals surface area contributed by atoms with E-state index in [1.54, 1.807) is 24.1 Å². The van der Waals surface area contributed by atoms with Gasteiger partial charge >= 0.3 is 6.09 Å². The van der Waals surface area contributed by atoms with E-state index in [1.165, 1.54) is 0 Å². The van der Waals surface area contributed by atoms with Crippen LogP contribution in [0.2, 0.25) is 0 Å². The van der Waals surface area contributed by atoms with Gasteiger partial charge in [0, 0.05) is 32.4 Å². The number of piperazine rings is 1. The summed E-state index contributed by atoms with van der Waals surface area (Å²) < 4.78 is 4.96. The standard InChI is InChI=1S/C12H15N5O2/c1-2-19-12(18)17-7-5-16(6-8-17)11-3-4-14-10(9-13)15-11/h3-4H,2,5-8H2,1H3. The smallest absolute Gasteiger partial charge is 0.409 e. The van der Waals surface area contributed by atoms with E-state index in [2.05, 4.69) is 9.97 Å². The van der Waals surface area contributed by atoms with Gasteiger partial charge in [0.25, 0.3) is 0 Å². The van der Waals surface area contributed by atoms with E-state index >= 15 is 0 Å². The van der Waals surface area contributed by atoms with Crippen LogP contribution in [0.4, 0.5) is 10.6 Å². The first-order chi connectivity index (χ1) is 9.24. The van der Waals surface area contributed by atoms with Gasteiger partial charge in [0.1, 0.15) is 11.9 Å². The van der Waals surface area contributed by atoms with Crippen molar-refractivity contribution in [3.05, 3.63) is 18.1 Å². The number of aromatic nitrogens is 2. The Hall–Kier alpha value is -2.36. The van der Waals surface area contributed by atoms with Gasteiger partial charge in [0.15, 0.2) is 0 Å². The number of amides is 1. The number of nitriles is 1. The average Bonchev–Trinajstić information content (AvgIpc) is 2.48. The van der Waals surface area contributed by atoms with Crippen molar-refractivity contribution in [3.8, 4) is 6.07 Å². The minimum Gasteiger partial charge on any atom is -0.450 e. The fraction of sp³-hybridized carbons (Fsp3) is 0.500. The summed E-state index contributed by atoms with van der Waals surface area (Å²) in [4.78, 5) is 23.2. The van der Waals surface area contributed by atoms with Crippen molar-refractivity contribution < 1.29 is 9.53 Å². The monoisotopic (exact) mass is 261 g/mol. The molecule has 0 aliphatic carbocycles. The number of carbonyl (C=O) groups is 1. The number of carbonyl (C=O) groups excluding carboxylic acids is 1. The molecule has 2 heterocycles. The van der Waals surface area contributed by atoms with E-state index < -0.39 is 0 Å². The summed E-state index contributed by atoms with van der Waals surface area (Å²) in [5.74, 6) is 0.875. The van der Waals surface area contributed by atoms with Crippen LogP contribution in [-0.4, -0.2) is 53.7 Å². The number of hydrogen-bond acceptors (Lipinski definition) is 6. The van der Waals surface area contributed by atoms with Gasteiger partial charge in [-0.05, 0) is 13.0 Å². The zero-order valence-electron chi connectivity index (χ0n) is 10.7. The van der Waals surface area contributed by atoms with E-state index in [-0.39, 0.29) is 11.9 Å². The lowest BCUT2D eigenvalue weighted by molar-refractivity contribution is 0.105. The summed E-state index contributed by atoms with van der Waals surface area (Å²) >= 11 is 0. The normalized spacial score (nSPS) is 14.9. The summed E-state index contributed by atoms with van der Waals surface area (Å²) in [6.45, 7) is 4.69. The Bertz CT molecular complexity index is 491. The van der Waals surface area contributed by atoms with E-state index in [4.69, 9.17) is 10.00 Å². The second kappa shape index (κ2) is 6.00. The van der Waals surface area contributed by atoms with Crippen molar-refractivity contribution in [1.82, 2.24) is 14.9 Å². The SMILES string of the molecule is CCOC(=O)N1CCN(c2ccnc(C#N)n2)CC1. The van der Waals surface area contributed by atoms with Crippen LogP contribution >= 0.6 is 0 Å². The predicted octanol–water partition coefficient (Wildman–Crippen LogP) is 0.627. The lowest BCUT2D eigenvalue weighted by Gasteiger charge is -2.34. The minimum atomic E-state index is -0.275. The lowest BCUT2D eigenvalue weighted by atomic mass is 10.3. The van der Waals surface area contributed by atoms with Crippen LogP contribution in [0.5, 0.6) is 0 Å². The molecule has 0 atom stereocenters. The van der Waals surface area contributed by atoms with Crippen LogP contribution < -0.4 is 4.90 Å². The Morgan fingerprint density at radius 2 is 2.21 bits per heavy atom. The molecule has 7 nitrogen and oxygen atoms in total. The van der Waals surface area contributed by atoms with Crippen LogP contribution in [0.1, 0.15) is 12.7 Å². The highest BCUT2D eigenvalue weighted by Gasteiger charge is 2.22. The molecular formula is C12H15N5O2. The van der Waals surface area contributed by atoms with Crippen LogP contribution in [0.25, 0.3) is 0 Å². The quantitative estimate of drug-likeness (QED) is 0.776. The molecule has 0 N–H and O–H groups in total. The highest BCUT2D eigenvalue weighted by atomic mass is 16.6. The van der Waals surface area contributed by atoms with Gasteiger partial charge < -0.3 is 14.5 Å². The van der Waals surface area contributed by atoms with Crippen LogP contribution in [0.3, 0.4) is 0 Å². The van der Waals surface area contributed by atoms with Gasteiger partial charge in [-0.25, -0.2) is 14.8 Å². The molecule has 100 valence electrons. The highest BCUT2D eigenvalue weighted by molar-refractivity contribution is 5.68. The number of hydrogen-bond donors (Lipinski definition) is 0. The van der Waals surface area contributed by atoms with Crippen molar-refractivity contribution >= 4 is 11.9 Å². The Morgan fingerprint density at radius 1 is 1.47 bits per heavy atom. The van der Waals surface area contributed by atoms with Crippen molar-refractivity contribution in [3.63, 3.8) is 0 Å². The fourth-order valence-electron chi connectivity index (χ4n) is 1.91. The maximum absolute atomic E-state index is 11.6. The van der Waals surface area contributed by atoms with Gasteiger partial charge in [0.05, 0.1) is 6.61 Å². The molecule has 1 aliphatic heterocycles.